The summed E-state index contributed by atoms with van der Waals surface area (Å²) >= 11 is 0. The highest BCUT2D eigenvalue weighted by atomic mass is 15.3. The Morgan fingerprint density at radius 3 is 2.45 bits per heavy atom. The standard InChI is InChI=1S/C17H33N3/c1-4-10-20(11-5-1)17-8-12-19(15-17)13-9-18-14-16-6-2-3-7-16/h16-18H,1-15H2. The third-order valence-corrected chi connectivity index (χ3v) is 5.67. The molecule has 116 valence electrons. The van der Waals surface area contributed by atoms with Gasteiger partial charge < -0.3 is 10.2 Å². The van der Waals surface area contributed by atoms with Crippen LogP contribution in [0.2, 0.25) is 0 Å². The van der Waals surface area contributed by atoms with Crippen LogP contribution >= 0.6 is 0 Å². The minimum atomic E-state index is 0.866. The molecule has 0 aromatic carbocycles. The maximum Gasteiger partial charge on any atom is 0.0235 e. The van der Waals surface area contributed by atoms with E-state index in [2.05, 4.69) is 15.1 Å². The highest BCUT2D eigenvalue weighted by molar-refractivity contribution is 4.85. The van der Waals surface area contributed by atoms with Crippen LogP contribution < -0.4 is 5.32 Å². The molecule has 3 heteroatoms. The molecule has 0 bridgehead atoms. The van der Waals surface area contributed by atoms with Crippen LogP contribution in [0.4, 0.5) is 0 Å². The quantitative estimate of drug-likeness (QED) is 0.753. The summed E-state index contributed by atoms with van der Waals surface area (Å²) in [6.45, 7) is 9.10. The number of likely N-dealkylation sites (tertiary alicyclic amines) is 2. The summed E-state index contributed by atoms with van der Waals surface area (Å²) in [5, 5.41) is 3.69. The van der Waals surface area contributed by atoms with Gasteiger partial charge in [0.1, 0.15) is 0 Å². The molecule has 1 unspecified atom stereocenters. The van der Waals surface area contributed by atoms with E-state index in [4.69, 9.17) is 0 Å². The fourth-order valence-corrected chi connectivity index (χ4v) is 4.35. The van der Waals surface area contributed by atoms with E-state index in [9.17, 15) is 0 Å². The van der Waals surface area contributed by atoms with Crippen LogP contribution in [0, 0.1) is 5.92 Å². The number of nitrogens with one attached hydrogen (secondary N) is 1. The number of nitrogens with zero attached hydrogens (tertiary/aromatic N) is 2. The molecule has 20 heavy (non-hydrogen) atoms. The van der Waals surface area contributed by atoms with E-state index in [1.165, 1.54) is 97.2 Å². The Kier molecular flexibility index (Phi) is 5.75. The molecule has 3 fully saturated rings. The summed E-state index contributed by atoms with van der Waals surface area (Å²) in [6.07, 6.45) is 11.6. The van der Waals surface area contributed by atoms with Gasteiger partial charge in [-0.2, -0.15) is 0 Å². The molecule has 2 heterocycles. The Morgan fingerprint density at radius 1 is 0.850 bits per heavy atom. The Bertz CT molecular complexity index is 269. The smallest absolute Gasteiger partial charge is 0.0235 e. The van der Waals surface area contributed by atoms with Gasteiger partial charge in [-0.1, -0.05) is 19.3 Å². The molecule has 0 aromatic heterocycles. The van der Waals surface area contributed by atoms with E-state index in [-0.39, 0.29) is 0 Å². The average molecular weight is 279 g/mol. The highest BCUT2D eigenvalue weighted by Crippen LogP contribution is 2.23. The zero-order chi connectivity index (χ0) is 13.6. The van der Waals surface area contributed by atoms with Gasteiger partial charge in [-0.05, 0) is 64.2 Å². The number of hydrogen-bond donors (Lipinski definition) is 1. The summed E-state index contributed by atoms with van der Waals surface area (Å²) in [4.78, 5) is 5.44. The molecule has 0 spiro atoms. The lowest BCUT2D eigenvalue weighted by Gasteiger charge is -2.32. The minimum Gasteiger partial charge on any atom is -0.315 e. The molecule has 0 aromatic rings. The molecule has 0 radical (unpaired) electrons. The first-order chi connectivity index (χ1) is 9.92. The van der Waals surface area contributed by atoms with Gasteiger partial charge in [-0.3, -0.25) is 4.90 Å². The van der Waals surface area contributed by atoms with Crippen molar-refractivity contribution >= 4 is 0 Å². The maximum absolute atomic E-state index is 3.69. The lowest BCUT2D eigenvalue weighted by Crippen LogP contribution is -2.41. The molecule has 3 aliphatic rings. The van der Waals surface area contributed by atoms with Gasteiger partial charge in [-0.15, -0.1) is 0 Å². The predicted octanol–water partition coefficient (Wildman–Crippen LogP) is 2.33. The first kappa shape index (κ1) is 14.8. The first-order valence-electron chi connectivity index (χ1n) is 9.09. The fraction of sp³-hybridized carbons (Fsp3) is 1.00. The van der Waals surface area contributed by atoms with Crippen LogP contribution in [-0.2, 0) is 0 Å². The van der Waals surface area contributed by atoms with Gasteiger partial charge in [0, 0.05) is 25.7 Å². The van der Waals surface area contributed by atoms with Gasteiger partial charge in [0.15, 0.2) is 0 Å². The van der Waals surface area contributed by atoms with Crippen LogP contribution in [0.25, 0.3) is 0 Å². The summed E-state index contributed by atoms with van der Waals surface area (Å²) in [7, 11) is 0. The molecular weight excluding hydrogens is 246 g/mol. The maximum atomic E-state index is 3.69. The third-order valence-electron chi connectivity index (χ3n) is 5.67. The van der Waals surface area contributed by atoms with Crippen LogP contribution in [0.3, 0.4) is 0 Å². The average Bonchev–Trinajstić information content (AvgIpc) is 3.16. The Hall–Kier alpha value is -0.120. The molecule has 1 N–H and O–H groups in total. The fourth-order valence-electron chi connectivity index (χ4n) is 4.35. The molecule has 2 saturated heterocycles. The van der Waals surface area contributed by atoms with E-state index < -0.39 is 0 Å². The highest BCUT2D eigenvalue weighted by Gasteiger charge is 2.27. The summed E-state index contributed by atoms with van der Waals surface area (Å²) < 4.78 is 0. The van der Waals surface area contributed by atoms with Crippen molar-refractivity contribution in [1.29, 1.82) is 0 Å². The van der Waals surface area contributed by atoms with Crippen molar-refractivity contribution in [3.63, 3.8) is 0 Å². The van der Waals surface area contributed by atoms with Crippen molar-refractivity contribution in [3.05, 3.63) is 0 Å². The molecule has 0 amide bonds. The number of piperidine rings is 1. The SMILES string of the molecule is C1CCN(C2CCN(CCNCC3CCCC3)C2)CC1. The van der Waals surface area contributed by atoms with Gasteiger partial charge in [-0.25, -0.2) is 0 Å². The van der Waals surface area contributed by atoms with Crippen molar-refractivity contribution < 1.29 is 0 Å². The summed E-state index contributed by atoms with van der Waals surface area (Å²) in [5.41, 5.74) is 0. The monoisotopic (exact) mass is 279 g/mol. The van der Waals surface area contributed by atoms with Gasteiger partial charge in [0.25, 0.3) is 0 Å². The molecular formula is C17H33N3. The zero-order valence-corrected chi connectivity index (χ0v) is 13.2. The van der Waals surface area contributed by atoms with Gasteiger partial charge >= 0.3 is 0 Å². The Morgan fingerprint density at radius 2 is 1.65 bits per heavy atom. The van der Waals surface area contributed by atoms with Crippen LogP contribution in [0.1, 0.15) is 51.4 Å². The van der Waals surface area contributed by atoms with Crippen molar-refractivity contribution in [2.75, 3.05) is 45.8 Å². The summed E-state index contributed by atoms with van der Waals surface area (Å²) in [5.74, 6) is 0.981. The van der Waals surface area contributed by atoms with Crippen LogP contribution in [0.5, 0.6) is 0 Å². The largest absolute Gasteiger partial charge is 0.315 e. The first-order valence-corrected chi connectivity index (χ1v) is 9.09. The molecule has 3 nitrogen and oxygen atoms in total. The van der Waals surface area contributed by atoms with Gasteiger partial charge in [0.05, 0.1) is 0 Å². The lowest BCUT2D eigenvalue weighted by molar-refractivity contribution is 0.162. The summed E-state index contributed by atoms with van der Waals surface area (Å²) in [6, 6.07) is 0.866. The van der Waals surface area contributed by atoms with E-state index >= 15 is 0 Å². The Balaban J connectivity index is 1.27. The van der Waals surface area contributed by atoms with Crippen molar-refractivity contribution in [2.45, 2.75) is 57.4 Å². The second kappa shape index (κ2) is 7.77. The second-order valence-electron chi connectivity index (χ2n) is 7.19. The van der Waals surface area contributed by atoms with Crippen molar-refractivity contribution in [1.82, 2.24) is 15.1 Å². The van der Waals surface area contributed by atoms with E-state index in [1.807, 2.05) is 0 Å². The van der Waals surface area contributed by atoms with Crippen LogP contribution in [-0.4, -0.2) is 61.7 Å². The lowest BCUT2D eigenvalue weighted by atomic mass is 10.1. The van der Waals surface area contributed by atoms with Crippen molar-refractivity contribution in [2.24, 2.45) is 5.92 Å². The van der Waals surface area contributed by atoms with E-state index in [0.717, 1.165) is 12.0 Å². The van der Waals surface area contributed by atoms with Gasteiger partial charge in [0.2, 0.25) is 0 Å². The topological polar surface area (TPSA) is 18.5 Å². The predicted molar refractivity (Wildman–Crippen MR) is 85.1 cm³/mol. The molecule has 1 aliphatic carbocycles. The number of hydrogen-bond acceptors (Lipinski definition) is 3. The van der Waals surface area contributed by atoms with Crippen molar-refractivity contribution in [3.8, 4) is 0 Å². The van der Waals surface area contributed by atoms with E-state index in [1.54, 1.807) is 0 Å². The normalized spacial score (nSPS) is 30.3. The Labute approximate surface area is 125 Å². The second-order valence-corrected chi connectivity index (χ2v) is 7.19. The molecule has 1 saturated carbocycles. The molecule has 1 atom stereocenters. The number of rotatable bonds is 6. The third kappa shape index (κ3) is 4.19. The van der Waals surface area contributed by atoms with E-state index in [0.29, 0.717) is 0 Å². The zero-order valence-electron chi connectivity index (χ0n) is 13.2. The molecule has 3 rings (SSSR count). The van der Waals surface area contributed by atoms with Crippen LogP contribution in [0.15, 0.2) is 0 Å². The molecule has 2 aliphatic heterocycles. The minimum absolute atomic E-state index is 0.866.